The maximum Gasteiger partial charge on any atom is 0.164 e. The first-order chi connectivity index (χ1) is 24.8. The lowest BCUT2D eigenvalue weighted by atomic mass is 9.91. The van der Waals surface area contributed by atoms with Crippen LogP contribution in [0.15, 0.2) is 182 Å². The standard InChI is InChI=1S/C46H30N4/c1-5-14-31(15-6-1)40-30-42(33-16-7-2-8-17-33)47-41-29-28-38-37(22-13-23-39(38)43(40)41)32-24-26-36(27-25-32)46-49-44(34-18-9-3-10-19-34)48-45(50-46)35-20-11-4-12-21-35/h1-30H. The minimum Gasteiger partial charge on any atom is -0.248 e. The highest BCUT2D eigenvalue weighted by atomic mass is 15.0. The van der Waals surface area contributed by atoms with Crippen LogP contribution < -0.4 is 0 Å². The zero-order valence-corrected chi connectivity index (χ0v) is 27.1. The van der Waals surface area contributed by atoms with E-state index in [2.05, 4.69) is 115 Å². The summed E-state index contributed by atoms with van der Waals surface area (Å²) in [5.74, 6) is 1.94. The molecule has 0 unspecified atom stereocenters. The molecule has 234 valence electrons. The first kappa shape index (κ1) is 29.4. The van der Waals surface area contributed by atoms with Crippen molar-refractivity contribution in [3.05, 3.63) is 182 Å². The number of hydrogen-bond donors (Lipinski definition) is 0. The Balaban J connectivity index is 1.16. The Morgan fingerprint density at radius 3 is 1.30 bits per heavy atom. The second-order valence-corrected chi connectivity index (χ2v) is 12.3. The summed E-state index contributed by atoms with van der Waals surface area (Å²) >= 11 is 0. The quantitative estimate of drug-likeness (QED) is 0.170. The first-order valence-electron chi connectivity index (χ1n) is 16.7. The number of rotatable bonds is 6. The van der Waals surface area contributed by atoms with Crippen molar-refractivity contribution < 1.29 is 0 Å². The van der Waals surface area contributed by atoms with Crippen molar-refractivity contribution in [2.75, 3.05) is 0 Å². The zero-order chi connectivity index (χ0) is 33.3. The van der Waals surface area contributed by atoms with Gasteiger partial charge < -0.3 is 0 Å². The van der Waals surface area contributed by atoms with Gasteiger partial charge in [-0.05, 0) is 45.2 Å². The lowest BCUT2D eigenvalue weighted by molar-refractivity contribution is 1.07. The number of pyridine rings is 1. The van der Waals surface area contributed by atoms with Crippen LogP contribution in [0, 0.1) is 0 Å². The summed E-state index contributed by atoms with van der Waals surface area (Å²) in [4.78, 5) is 19.9. The Bertz CT molecular complexity index is 2550. The van der Waals surface area contributed by atoms with Crippen molar-refractivity contribution in [1.29, 1.82) is 0 Å². The molecule has 0 atom stereocenters. The highest BCUT2D eigenvalue weighted by Crippen LogP contribution is 2.39. The van der Waals surface area contributed by atoms with Gasteiger partial charge in [0, 0.05) is 27.6 Å². The summed E-state index contributed by atoms with van der Waals surface area (Å²) in [6.45, 7) is 0. The van der Waals surface area contributed by atoms with Gasteiger partial charge in [-0.1, -0.05) is 170 Å². The van der Waals surface area contributed by atoms with E-state index in [0.29, 0.717) is 17.5 Å². The number of aromatic nitrogens is 4. The molecular formula is C46H30N4. The fourth-order valence-electron chi connectivity index (χ4n) is 6.68. The van der Waals surface area contributed by atoms with E-state index in [1.165, 1.54) is 21.9 Å². The largest absolute Gasteiger partial charge is 0.248 e. The van der Waals surface area contributed by atoms with Gasteiger partial charge in [0.1, 0.15) is 0 Å². The second-order valence-electron chi connectivity index (χ2n) is 12.3. The molecule has 0 aliphatic carbocycles. The Morgan fingerprint density at radius 2 is 0.740 bits per heavy atom. The SMILES string of the molecule is c1ccc(-c2cc(-c3ccccc3)c3c(ccc4c(-c5ccc(-c6nc(-c7ccccc7)nc(-c7ccccc7)n6)cc5)cccc43)n2)cc1. The van der Waals surface area contributed by atoms with Gasteiger partial charge >= 0.3 is 0 Å². The third kappa shape index (κ3) is 5.49. The van der Waals surface area contributed by atoms with Gasteiger partial charge in [0.2, 0.25) is 0 Å². The summed E-state index contributed by atoms with van der Waals surface area (Å²) in [5.41, 5.74) is 10.5. The van der Waals surface area contributed by atoms with Gasteiger partial charge in [-0.3, -0.25) is 0 Å². The summed E-state index contributed by atoms with van der Waals surface area (Å²) < 4.78 is 0. The minimum absolute atomic E-state index is 0.640. The number of fused-ring (bicyclic) bond motifs is 3. The van der Waals surface area contributed by atoms with E-state index in [-0.39, 0.29) is 0 Å². The molecule has 0 aliphatic heterocycles. The summed E-state index contributed by atoms with van der Waals surface area (Å²) in [7, 11) is 0. The van der Waals surface area contributed by atoms with Crippen LogP contribution in [0.5, 0.6) is 0 Å². The first-order valence-corrected chi connectivity index (χ1v) is 16.7. The number of nitrogens with zero attached hydrogens (tertiary/aromatic N) is 4. The molecule has 2 heterocycles. The predicted octanol–water partition coefficient (Wildman–Crippen LogP) is 11.6. The third-order valence-electron chi connectivity index (χ3n) is 9.14. The highest BCUT2D eigenvalue weighted by Gasteiger charge is 2.16. The number of hydrogen-bond acceptors (Lipinski definition) is 4. The van der Waals surface area contributed by atoms with E-state index in [9.17, 15) is 0 Å². The molecule has 0 amide bonds. The molecule has 0 saturated carbocycles. The average Bonchev–Trinajstić information content (AvgIpc) is 3.21. The normalized spacial score (nSPS) is 11.2. The summed E-state index contributed by atoms with van der Waals surface area (Å²) in [6, 6.07) is 62.9. The van der Waals surface area contributed by atoms with E-state index >= 15 is 0 Å². The van der Waals surface area contributed by atoms with Gasteiger partial charge in [-0.2, -0.15) is 0 Å². The molecule has 0 aliphatic rings. The van der Waals surface area contributed by atoms with E-state index in [4.69, 9.17) is 19.9 Å². The molecule has 7 aromatic carbocycles. The van der Waals surface area contributed by atoms with Crippen molar-refractivity contribution in [2.24, 2.45) is 0 Å². The molecule has 0 N–H and O–H groups in total. The van der Waals surface area contributed by atoms with Crippen molar-refractivity contribution >= 4 is 21.7 Å². The van der Waals surface area contributed by atoms with Crippen LogP contribution in [-0.2, 0) is 0 Å². The monoisotopic (exact) mass is 638 g/mol. The predicted molar refractivity (Wildman–Crippen MR) is 205 cm³/mol. The molecule has 4 nitrogen and oxygen atoms in total. The third-order valence-corrected chi connectivity index (χ3v) is 9.14. The smallest absolute Gasteiger partial charge is 0.164 e. The zero-order valence-electron chi connectivity index (χ0n) is 27.1. The molecule has 50 heavy (non-hydrogen) atoms. The number of benzene rings is 7. The summed E-state index contributed by atoms with van der Waals surface area (Å²) in [6.07, 6.45) is 0. The van der Waals surface area contributed by atoms with Gasteiger partial charge in [-0.15, -0.1) is 0 Å². The molecule has 2 aromatic heterocycles. The van der Waals surface area contributed by atoms with Crippen LogP contribution >= 0.6 is 0 Å². The Kier molecular flexibility index (Phi) is 7.45. The van der Waals surface area contributed by atoms with Crippen LogP contribution in [-0.4, -0.2) is 19.9 Å². The molecule has 0 saturated heterocycles. The Hall–Kier alpha value is -6.78. The molecular weight excluding hydrogens is 609 g/mol. The molecule has 9 aromatic rings. The van der Waals surface area contributed by atoms with Crippen LogP contribution in [0.1, 0.15) is 0 Å². The van der Waals surface area contributed by atoms with Gasteiger partial charge in [0.25, 0.3) is 0 Å². The van der Waals surface area contributed by atoms with Gasteiger partial charge in [-0.25, -0.2) is 19.9 Å². The fourth-order valence-corrected chi connectivity index (χ4v) is 6.68. The van der Waals surface area contributed by atoms with Gasteiger partial charge in [0.05, 0.1) is 11.2 Å². The lowest BCUT2D eigenvalue weighted by Crippen LogP contribution is -2.00. The average molecular weight is 639 g/mol. The maximum absolute atomic E-state index is 5.17. The van der Waals surface area contributed by atoms with Crippen molar-refractivity contribution in [3.8, 4) is 67.7 Å². The van der Waals surface area contributed by atoms with E-state index < -0.39 is 0 Å². The van der Waals surface area contributed by atoms with Crippen molar-refractivity contribution in [2.45, 2.75) is 0 Å². The Labute approximate surface area is 290 Å². The van der Waals surface area contributed by atoms with Crippen molar-refractivity contribution in [3.63, 3.8) is 0 Å². The van der Waals surface area contributed by atoms with E-state index in [1.807, 2.05) is 66.7 Å². The fraction of sp³-hybridized carbons (Fsp3) is 0. The van der Waals surface area contributed by atoms with Crippen molar-refractivity contribution in [1.82, 2.24) is 19.9 Å². The summed E-state index contributed by atoms with van der Waals surface area (Å²) in [5, 5.41) is 3.50. The molecule has 0 radical (unpaired) electrons. The second kappa shape index (κ2) is 12.7. The molecule has 0 fully saturated rings. The van der Waals surface area contributed by atoms with E-state index in [1.54, 1.807) is 0 Å². The minimum atomic E-state index is 0.640. The molecule has 0 spiro atoms. The van der Waals surface area contributed by atoms with Crippen LogP contribution in [0.4, 0.5) is 0 Å². The highest BCUT2D eigenvalue weighted by molar-refractivity contribution is 6.17. The van der Waals surface area contributed by atoms with Gasteiger partial charge in [0.15, 0.2) is 17.5 Å². The van der Waals surface area contributed by atoms with Crippen LogP contribution in [0.25, 0.3) is 89.4 Å². The Morgan fingerprint density at radius 1 is 0.280 bits per heavy atom. The molecule has 9 rings (SSSR count). The van der Waals surface area contributed by atoms with E-state index in [0.717, 1.165) is 50.0 Å². The maximum atomic E-state index is 5.17. The van der Waals surface area contributed by atoms with Crippen LogP contribution in [0.3, 0.4) is 0 Å². The molecule has 0 bridgehead atoms. The lowest BCUT2D eigenvalue weighted by Gasteiger charge is -2.15. The van der Waals surface area contributed by atoms with Crippen LogP contribution in [0.2, 0.25) is 0 Å². The molecule has 4 heteroatoms. The topological polar surface area (TPSA) is 51.6 Å².